The molecule has 0 saturated heterocycles. The summed E-state index contributed by atoms with van der Waals surface area (Å²) in [5, 5.41) is 10.8. The molecule has 0 spiro atoms. The van der Waals surface area contributed by atoms with Gasteiger partial charge in [-0.1, -0.05) is 72.8 Å². The first-order valence-electron chi connectivity index (χ1n) is 10.0. The van der Waals surface area contributed by atoms with Gasteiger partial charge in [0.15, 0.2) is 10.9 Å². The molecule has 2 heteroatoms. The van der Waals surface area contributed by atoms with Crippen LogP contribution in [-0.4, -0.2) is 0 Å². The first kappa shape index (κ1) is 15.8. The summed E-state index contributed by atoms with van der Waals surface area (Å²) in [7, 11) is 0. The molecule has 7 rings (SSSR count). The average Bonchev–Trinajstić information content (AvgIpc) is 3.25. The van der Waals surface area contributed by atoms with Crippen LogP contribution in [0.2, 0.25) is 0 Å². The van der Waals surface area contributed by atoms with E-state index in [4.69, 9.17) is 0 Å². The van der Waals surface area contributed by atoms with Crippen LogP contribution in [0, 0.1) is 0 Å². The van der Waals surface area contributed by atoms with Crippen LogP contribution in [0.3, 0.4) is 0 Å². The van der Waals surface area contributed by atoms with Gasteiger partial charge in [0.1, 0.15) is 0 Å². The Balaban J connectivity index is 1.77. The largest absolute Gasteiger partial charge is 0.289 e. The van der Waals surface area contributed by atoms with E-state index < -0.39 is 0 Å². The molecule has 7 aromatic rings. The highest BCUT2D eigenvalue weighted by Crippen LogP contribution is 2.36. The third-order valence-corrected chi connectivity index (χ3v) is 6.54. The summed E-state index contributed by atoms with van der Waals surface area (Å²) in [4.78, 5) is 26.5. The third kappa shape index (κ3) is 1.79. The van der Waals surface area contributed by atoms with E-state index >= 15 is 0 Å². The second-order valence-corrected chi connectivity index (χ2v) is 8.02. The fraction of sp³-hybridized carbons (Fsp3) is 0. The molecule has 0 heterocycles. The van der Waals surface area contributed by atoms with Gasteiger partial charge in [-0.15, -0.1) is 0 Å². The Hall–Kier alpha value is -4.04. The van der Waals surface area contributed by atoms with E-state index in [1.807, 2.05) is 60.7 Å². The standard InChI is InChI=1S/C28H14O2/c29-27-21-7-3-1-5-17(21)19-11-9-15-13-16-10-12-20-18-6-2-4-8-22(18)28(30)26(20)24(16)14-23(15)25(19)27/h1-14H. The molecular weight excluding hydrogens is 368 g/mol. The van der Waals surface area contributed by atoms with Crippen molar-refractivity contribution in [3.8, 4) is 0 Å². The summed E-state index contributed by atoms with van der Waals surface area (Å²) in [5.74, 6) is 0. The van der Waals surface area contributed by atoms with Gasteiger partial charge in [-0.25, -0.2) is 0 Å². The van der Waals surface area contributed by atoms with Crippen LogP contribution in [0.15, 0.2) is 94.5 Å². The van der Waals surface area contributed by atoms with Crippen molar-refractivity contribution >= 4 is 64.6 Å². The van der Waals surface area contributed by atoms with Gasteiger partial charge in [0.2, 0.25) is 0 Å². The molecule has 0 atom stereocenters. The minimum Gasteiger partial charge on any atom is -0.289 e. The van der Waals surface area contributed by atoms with Crippen LogP contribution in [0.5, 0.6) is 0 Å². The maximum absolute atomic E-state index is 13.2. The Morgan fingerprint density at radius 1 is 0.367 bits per heavy atom. The van der Waals surface area contributed by atoms with E-state index in [1.165, 1.54) is 0 Å². The molecule has 30 heavy (non-hydrogen) atoms. The molecule has 0 aliphatic heterocycles. The zero-order valence-electron chi connectivity index (χ0n) is 15.9. The maximum atomic E-state index is 13.2. The van der Waals surface area contributed by atoms with Gasteiger partial charge in [0.05, 0.1) is 0 Å². The number of fused-ring (bicyclic) bond motifs is 10. The topological polar surface area (TPSA) is 34.1 Å². The minimum atomic E-state index is 0.0627. The van der Waals surface area contributed by atoms with E-state index in [0.29, 0.717) is 0 Å². The molecule has 0 unspecified atom stereocenters. The first-order chi connectivity index (χ1) is 14.7. The summed E-state index contributed by atoms with van der Waals surface area (Å²) >= 11 is 0. The average molecular weight is 382 g/mol. The van der Waals surface area contributed by atoms with Crippen molar-refractivity contribution in [3.05, 3.63) is 105 Å². The highest BCUT2D eigenvalue weighted by atomic mass is 16.1. The lowest BCUT2D eigenvalue weighted by atomic mass is 9.97. The molecule has 0 saturated carbocycles. The van der Waals surface area contributed by atoms with E-state index in [0.717, 1.165) is 64.6 Å². The van der Waals surface area contributed by atoms with Gasteiger partial charge in [0.25, 0.3) is 0 Å². The smallest absolute Gasteiger partial charge is 0.194 e. The highest BCUT2D eigenvalue weighted by molar-refractivity contribution is 6.26. The molecule has 138 valence electrons. The van der Waals surface area contributed by atoms with Gasteiger partial charge in [-0.3, -0.25) is 9.59 Å². The SMILES string of the molecule is O=c1c2ccccc2c2ccc3cc4ccc5c6ccccc6c(=O)c5c4cc3c12. The molecule has 7 aromatic carbocycles. The highest BCUT2D eigenvalue weighted by Gasteiger charge is 2.16. The molecule has 0 radical (unpaired) electrons. The van der Waals surface area contributed by atoms with Crippen LogP contribution >= 0.6 is 0 Å². The zero-order chi connectivity index (χ0) is 20.0. The Bertz CT molecular complexity index is 1790. The van der Waals surface area contributed by atoms with Crippen LogP contribution in [-0.2, 0) is 0 Å². The number of benzene rings is 5. The van der Waals surface area contributed by atoms with Crippen molar-refractivity contribution in [2.24, 2.45) is 0 Å². The second-order valence-electron chi connectivity index (χ2n) is 8.02. The van der Waals surface area contributed by atoms with Crippen molar-refractivity contribution in [2.45, 2.75) is 0 Å². The normalized spacial score (nSPS) is 12.3. The fourth-order valence-electron chi connectivity index (χ4n) is 5.19. The van der Waals surface area contributed by atoms with E-state index in [9.17, 15) is 9.59 Å². The summed E-state index contributed by atoms with van der Waals surface area (Å²) in [5.41, 5.74) is 0.125. The zero-order valence-corrected chi connectivity index (χ0v) is 15.9. The molecule has 0 fully saturated rings. The van der Waals surface area contributed by atoms with E-state index in [2.05, 4.69) is 24.3 Å². The minimum absolute atomic E-state index is 0.0627. The van der Waals surface area contributed by atoms with Crippen LogP contribution in [0.4, 0.5) is 0 Å². The van der Waals surface area contributed by atoms with Crippen molar-refractivity contribution in [1.29, 1.82) is 0 Å². The fourth-order valence-corrected chi connectivity index (χ4v) is 5.19. The van der Waals surface area contributed by atoms with Crippen LogP contribution in [0.1, 0.15) is 0 Å². The number of hydrogen-bond acceptors (Lipinski definition) is 2. The second kappa shape index (κ2) is 5.31. The molecule has 2 nitrogen and oxygen atoms in total. The summed E-state index contributed by atoms with van der Waals surface area (Å²) in [6.07, 6.45) is 0. The summed E-state index contributed by atoms with van der Waals surface area (Å²) in [6.45, 7) is 0. The lowest BCUT2D eigenvalue weighted by Gasteiger charge is -2.05. The molecule has 0 amide bonds. The van der Waals surface area contributed by atoms with E-state index in [1.54, 1.807) is 0 Å². The van der Waals surface area contributed by atoms with Gasteiger partial charge < -0.3 is 0 Å². The molecule has 0 aliphatic rings. The predicted octanol–water partition coefficient (Wildman–Crippen LogP) is 6.20. The van der Waals surface area contributed by atoms with Gasteiger partial charge >= 0.3 is 0 Å². The maximum Gasteiger partial charge on any atom is 0.194 e. The Labute approximate surface area is 170 Å². The molecular formula is C28H14O2. The molecule has 0 bridgehead atoms. The molecule has 0 aromatic heterocycles. The quantitative estimate of drug-likeness (QED) is 0.293. The van der Waals surface area contributed by atoms with Gasteiger partial charge in [-0.2, -0.15) is 0 Å². The van der Waals surface area contributed by atoms with Crippen molar-refractivity contribution < 1.29 is 0 Å². The predicted molar refractivity (Wildman–Crippen MR) is 126 cm³/mol. The first-order valence-corrected chi connectivity index (χ1v) is 10.0. The van der Waals surface area contributed by atoms with Crippen molar-refractivity contribution in [3.63, 3.8) is 0 Å². The molecule has 0 N–H and O–H groups in total. The van der Waals surface area contributed by atoms with Gasteiger partial charge in [-0.05, 0) is 55.2 Å². The Kier molecular flexibility index (Phi) is 2.80. The third-order valence-electron chi connectivity index (χ3n) is 6.54. The molecule has 0 aliphatic carbocycles. The monoisotopic (exact) mass is 382 g/mol. The summed E-state index contributed by atoms with van der Waals surface area (Å²) in [6, 6.07) is 27.9. The Morgan fingerprint density at radius 2 is 0.800 bits per heavy atom. The van der Waals surface area contributed by atoms with E-state index in [-0.39, 0.29) is 10.9 Å². The number of hydrogen-bond donors (Lipinski definition) is 0. The van der Waals surface area contributed by atoms with Crippen molar-refractivity contribution in [1.82, 2.24) is 0 Å². The Morgan fingerprint density at radius 3 is 1.27 bits per heavy atom. The summed E-state index contributed by atoms with van der Waals surface area (Å²) < 4.78 is 0. The van der Waals surface area contributed by atoms with Crippen LogP contribution < -0.4 is 10.9 Å². The van der Waals surface area contributed by atoms with Crippen LogP contribution in [0.25, 0.3) is 64.6 Å². The number of rotatable bonds is 0. The van der Waals surface area contributed by atoms with Crippen molar-refractivity contribution in [2.75, 3.05) is 0 Å². The van der Waals surface area contributed by atoms with Gasteiger partial charge in [0, 0.05) is 21.5 Å². The lowest BCUT2D eigenvalue weighted by molar-refractivity contribution is 1.80. The lowest BCUT2D eigenvalue weighted by Crippen LogP contribution is -1.96.